The summed E-state index contributed by atoms with van der Waals surface area (Å²) in [5.74, 6) is -1.50. The average molecular weight is 478 g/mol. The number of carbonyl (C=O) groups excluding carboxylic acids is 1. The third kappa shape index (κ3) is 4.30. The van der Waals surface area contributed by atoms with Gasteiger partial charge >= 0.3 is 6.18 Å². The number of aromatic nitrogens is 2. The number of nitrogens with one attached hydrogen (secondary N) is 3. The van der Waals surface area contributed by atoms with E-state index in [1.165, 1.54) is 44.7 Å². The van der Waals surface area contributed by atoms with Crippen LogP contribution in [0.15, 0.2) is 36.7 Å². The fourth-order valence-corrected chi connectivity index (χ4v) is 4.09. The lowest BCUT2D eigenvalue weighted by Gasteiger charge is -2.23. The van der Waals surface area contributed by atoms with E-state index in [4.69, 9.17) is 9.47 Å². The summed E-state index contributed by atoms with van der Waals surface area (Å²) < 4.78 is 66.1. The first-order valence-corrected chi connectivity index (χ1v) is 10.4. The van der Waals surface area contributed by atoms with Crippen molar-refractivity contribution in [3.8, 4) is 17.0 Å². The van der Waals surface area contributed by atoms with E-state index in [1.807, 2.05) is 0 Å². The summed E-state index contributed by atoms with van der Waals surface area (Å²) >= 11 is 0. The summed E-state index contributed by atoms with van der Waals surface area (Å²) in [5, 5.41) is 5.73. The molecular weight excluding hydrogens is 456 g/mol. The van der Waals surface area contributed by atoms with Crippen molar-refractivity contribution in [2.75, 3.05) is 32.7 Å². The Kier molecular flexibility index (Phi) is 6.47. The molecule has 1 atom stereocenters. The minimum atomic E-state index is -4.69. The lowest BCUT2D eigenvalue weighted by Crippen LogP contribution is -2.35. The standard InChI is InChI=1S/C23H22F4N4O3/c1-33-9-7-12-10-29-22(32)17-18(12)31-19(13-6-8-28-11-14(13)23(25,26)27)20(17)30-16-5-3-4-15(24)21(16)34-2/h3-6,8,11-12,30-31H,7,9-10H2,1-2H3,(H,29,32)/t12-/m0/s1. The van der Waals surface area contributed by atoms with Gasteiger partial charge in [-0.2, -0.15) is 13.2 Å². The van der Waals surface area contributed by atoms with Crippen LogP contribution >= 0.6 is 0 Å². The molecule has 0 bridgehead atoms. The van der Waals surface area contributed by atoms with Gasteiger partial charge in [-0.25, -0.2) is 4.39 Å². The normalized spacial score (nSPS) is 15.6. The molecule has 0 aliphatic carbocycles. The number of ether oxygens (including phenoxy) is 2. The van der Waals surface area contributed by atoms with Crippen molar-refractivity contribution in [1.82, 2.24) is 15.3 Å². The topological polar surface area (TPSA) is 88.3 Å². The van der Waals surface area contributed by atoms with Crippen LogP contribution < -0.4 is 15.4 Å². The van der Waals surface area contributed by atoms with E-state index in [1.54, 1.807) is 0 Å². The maximum absolute atomic E-state index is 14.3. The first kappa shape index (κ1) is 23.6. The van der Waals surface area contributed by atoms with Gasteiger partial charge in [-0.05, 0) is 24.6 Å². The highest BCUT2D eigenvalue weighted by Gasteiger charge is 2.38. The van der Waals surface area contributed by atoms with Gasteiger partial charge in [-0.3, -0.25) is 9.78 Å². The smallest absolute Gasteiger partial charge is 0.418 e. The van der Waals surface area contributed by atoms with Gasteiger partial charge in [0, 0.05) is 49.8 Å². The molecule has 7 nitrogen and oxygen atoms in total. The number of nitrogens with zero attached hydrogens (tertiary/aromatic N) is 1. The number of rotatable bonds is 7. The van der Waals surface area contributed by atoms with Crippen molar-refractivity contribution in [2.24, 2.45) is 0 Å². The predicted octanol–water partition coefficient (Wildman–Crippen LogP) is 4.85. The molecule has 2 aromatic heterocycles. The van der Waals surface area contributed by atoms with Gasteiger partial charge in [0.15, 0.2) is 11.6 Å². The number of H-pyrrole nitrogens is 1. The maximum atomic E-state index is 14.3. The van der Waals surface area contributed by atoms with Crippen molar-refractivity contribution in [3.63, 3.8) is 0 Å². The van der Waals surface area contributed by atoms with Crippen LogP contribution in [0.3, 0.4) is 0 Å². The van der Waals surface area contributed by atoms with E-state index < -0.39 is 23.5 Å². The van der Waals surface area contributed by atoms with Gasteiger partial charge in [-0.1, -0.05) is 6.07 Å². The second kappa shape index (κ2) is 9.34. The average Bonchev–Trinajstić information content (AvgIpc) is 3.18. The third-order valence-corrected chi connectivity index (χ3v) is 5.67. The van der Waals surface area contributed by atoms with Gasteiger partial charge in [0.2, 0.25) is 0 Å². The molecule has 3 heterocycles. The number of hydrogen-bond donors (Lipinski definition) is 3. The molecule has 1 aromatic carbocycles. The van der Waals surface area contributed by atoms with Crippen LogP contribution in [0.4, 0.5) is 28.9 Å². The Bertz CT molecular complexity index is 1210. The van der Waals surface area contributed by atoms with Gasteiger partial charge in [0.05, 0.1) is 35.3 Å². The van der Waals surface area contributed by atoms with Crippen molar-refractivity contribution < 1.29 is 31.8 Å². The number of methoxy groups -OCH3 is 2. The van der Waals surface area contributed by atoms with Crippen molar-refractivity contribution in [3.05, 3.63) is 59.3 Å². The molecule has 0 spiro atoms. The summed E-state index contributed by atoms with van der Waals surface area (Å²) in [6.45, 7) is 0.679. The fraction of sp³-hybridized carbons (Fsp3) is 0.304. The lowest BCUT2D eigenvalue weighted by molar-refractivity contribution is -0.137. The highest BCUT2D eigenvalue weighted by Crippen LogP contribution is 2.45. The molecule has 3 N–H and O–H groups in total. The van der Waals surface area contributed by atoms with Crippen LogP contribution in [0, 0.1) is 5.82 Å². The molecular formula is C23H22F4N4O3. The van der Waals surface area contributed by atoms with E-state index in [9.17, 15) is 22.4 Å². The van der Waals surface area contributed by atoms with E-state index in [-0.39, 0.29) is 39.9 Å². The molecule has 0 radical (unpaired) electrons. The Balaban J connectivity index is 1.96. The second-order valence-corrected chi connectivity index (χ2v) is 7.72. The number of amides is 1. The Labute approximate surface area is 192 Å². The number of anilines is 2. The Morgan fingerprint density at radius 1 is 1.24 bits per heavy atom. The number of aromatic amines is 1. The minimum Gasteiger partial charge on any atom is -0.492 e. The molecule has 34 heavy (non-hydrogen) atoms. The summed E-state index contributed by atoms with van der Waals surface area (Å²) in [6.07, 6.45) is -2.21. The lowest BCUT2D eigenvalue weighted by atomic mass is 9.93. The predicted molar refractivity (Wildman–Crippen MR) is 117 cm³/mol. The summed E-state index contributed by atoms with van der Waals surface area (Å²) in [5.41, 5.74) is -0.289. The van der Waals surface area contributed by atoms with Crippen LogP contribution in [0.25, 0.3) is 11.3 Å². The number of benzene rings is 1. The first-order valence-electron chi connectivity index (χ1n) is 10.4. The SMILES string of the molecule is COCC[C@H]1CNC(=O)c2c1[nH]c(-c1ccncc1C(F)(F)F)c2Nc1cccc(F)c1OC. The molecule has 0 saturated carbocycles. The number of hydrogen-bond acceptors (Lipinski definition) is 5. The molecule has 4 rings (SSSR count). The zero-order chi connectivity index (χ0) is 24.5. The van der Waals surface area contributed by atoms with E-state index in [2.05, 4.69) is 20.6 Å². The summed E-state index contributed by atoms with van der Waals surface area (Å²) in [4.78, 5) is 19.6. The molecule has 3 aromatic rings. The van der Waals surface area contributed by atoms with Gasteiger partial charge in [0.25, 0.3) is 5.91 Å². The molecule has 0 fully saturated rings. The third-order valence-electron chi connectivity index (χ3n) is 5.67. The van der Waals surface area contributed by atoms with Crippen LogP contribution in [-0.4, -0.2) is 43.2 Å². The molecule has 1 aliphatic rings. The largest absolute Gasteiger partial charge is 0.492 e. The van der Waals surface area contributed by atoms with Crippen LogP contribution in [0.1, 0.15) is 34.0 Å². The van der Waals surface area contributed by atoms with E-state index in [0.717, 1.165) is 6.20 Å². The zero-order valence-corrected chi connectivity index (χ0v) is 18.3. The highest BCUT2D eigenvalue weighted by atomic mass is 19.4. The van der Waals surface area contributed by atoms with Crippen molar-refractivity contribution in [2.45, 2.75) is 18.5 Å². The molecule has 0 saturated heterocycles. The fourth-order valence-electron chi connectivity index (χ4n) is 4.09. The Morgan fingerprint density at radius 2 is 2.03 bits per heavy atom. The highest BCUT2D eigenvalue weighted by molar-refractivity contribution is 6.06. The van der Waals surface area contributed by atoms with Crippen LogP contribution in [0.2, 0.25) is 0 Å². The molecule has 1 amide bonds. The molecule has 0 unspecified atom stereocenters. The van der Waals surface area contributed by atoms with Gasteiger partial charge in [0.1, 0.15) is 0 Å². The Morgan fingerprint density at radius 3 is 2.74 bits per heavy atom. The van der Waals surface area contributed by atoms with Crippen LogP contribution in [-0.2, 0) is 10.9 Å². The number of carbonyl (C=O) groups is 1. The number of para-hydroxylation sites is 1. The van der Waals surface area contributed by atoms with Gasteiger partial charge in [-0.15, -0.1) is 0 Å². The quantitative estimate of drug-likeness (QED) is 0.423. The Hall–Kier alpha value is -3.60. The molecule has 180 valence electrons. The maximum Gasteiger partial charge on any atom is 0.418 e. The van der Waals surface area contributed by atoms with Crippen molar-refractivity contribution >= 4 is 17.3 Å². The van der Waals surface area contributed by atoms with Gasteiger partial charge < -0.3 is 25.1 Å². The van der Waals surface area contributed by atoms with Crippen molar-refractivity contribution in [1.29, 1.82) is 0 Å². The van der Waals surface area contributed by atoms with E-state index >= 15 is 0 Å². The molecule has 11 heteroatoms. The zero-order valence-electron chi connectivity index (χ0n) is 18.3. The van der Waals surface area contributed by atoms with E-state index in [0.29, 0.717) is 25.3 Å². The minimum absolute atomic E-state index is 0.0329. The van der Waals surface area contributed by atoms with Crippen LogP contribution in [0.5, 0.6) is 5.75 Å². The number of alkyl halides is 3. The summed E-state index contributed by atoms with van der Waals surface area (Å²) in [6, 6.07) is 5.34. The number of halogens is 4. The summed E-state index contributed by atoms with van der Waals surface area (Å²) in [7, 11) is 2.81. The second-order valence-electron chi connectivity index (χ2n) is 7.72. The first-order chi connectivity index (χ1) is 16.3. The molecule has 1 aliphatic heterocycles. The number of pyridine rings is 1. The number of fused-ring (bicyclic) bond motifs is 1. The monoisotopic (exact) mass is 478 g/mol.